The van der Waals surface area contributed by atoms with Gasteiger partial charge in [0.2, 0.25) is 0 Å². The second kappa shape index (κ2) is 6.99. The number of hydrogen-bond donors (Lipinski definition) is 3. The lowest BCUT2D eigenvalue weighted by Gasteiger charge is -2.07. The van der Waals surface area contributed by atoms with Crippen molar-refractivity contribution in [3.8, 4) is 5.75 Å². The maximum absolute atomic E-state index is 11.8. The van der Waals surface area contributed by atoms with E-state index in [-0.39, 0.29) is 36.3 Å². The van der Waals surface area contributed by atoms with Gasteiger partial charge in [0.05, 0.1) is 6.20 Å². The number of carbonyl (C=O) groups is 2. The van der Waals surface area contributed by atoms with E-state index in [9.17, 15) is 14.7 Å². The van der Waals surface area contributed by atoms with Gasteiger partial charge in [-0.2, -0.15) is 0 Å². The predicted molar refractivity (Wildman–Crippen MR) is 74.8 cm³/mol. The van der Waals surface area contributed by atoms with Crippen LogP contribution in [-0.2, 0) is 0 Å². The minimum Gasteiger partial charge on any atom is -0.508 e. The van der Waals surface area contributed by atoms with Crippen LogP contribution in [0.4, 0.5) is 0 Å². The topological polar surface area (TPSA) is 104 Å². The highest BCUT2D eigenvalue weighted by atomic mass is 16.3. The molecule has 3 N–H and O–H groups in total. The lowest BCUT2D eigenvalue weighted by molar-refractivity contribution is 0.0924. The first-order valence-corrected chi connectivity index (χ1v) is 6.28. The monoisotopic (exact) mass is 286 g/mol. The molecule has 0 spiro atoms. The summed E-state index contributed by atoms with van der Waals surface area (Å²) in [4.78, 5) is 31.1. The molecule has 7 nitrogen and oxygen atoms in total. The van der Waals surface area contributed by atoms with E-state index in [1.807, 2.05) is 0 Å². The molecule has 108 valence electrons. The first-order chi connectivity index (χ1) is 10.2. The summed E-state index contributed by atoms with van der Waals surface area (Å²) in [5.41, 5.74) is 0.576. The molecule has 0 aliphatic heterocycles. The minimum atomic E-state index is -0.352. The number of aromatic nitrogens is 2. The fourth-order valence-corrected chi connectivity index (χ4v) is 1.61. The Morgan fingerprint density at radius 2 is 1.86 bits per heavy atom. The third-order valence-corrected chi connectivity index (χ3v) is 2.60. The van der Waals surface area contributed by atoms with Crippen molar-refractivity contribution in [2.24, 2.45) is 0 Å². The van der Waals surface area contributed by atoms with Gasteiger partial charge in [0, 0.05) is 31.0 Å². The van der Waals surface area contributed by atoms with Gasteiger partial charge in [0.25, 0.3) is 11.8 Å². The van der Waals surface area contributed by atoms with Gasteiger partial charge in [0.15, 0.2) is 0 Å². The summed E-state index contributed by atoms with van der Waals surface area (Å²) in [6.07, 6.45) is 4.27. The molecule has 1 heterocycles. The molecular weight excluding hydrogens is 272 g/mol. The number of carbonyl (C=O) groups excluding carboxylic acids is 2. The van der Waals surface area contributed by atoms with Crippen LogP contribution in [-0.4, -0.2) is 40.0 Å². The SMILES string of the molecule is O=C(NCCNC(=O)c1cnccn1)c1cccc(O)c1. The summed E-state index contributed by atoms with van der Waals surface area (Å²) >= 11 is 0. The molecule has 0 aliphatic carbocycles. The molecule has 0 atom stereocenters. The maximum Gasteiger partial charge on any atom is 0.271 e. The first-order valence-electron chi connectivity index (χ1n) is 6.28. The molecule has 0 aliphatic rings. The number of rotatable bonds is 5. The Morgan fingerprint density at radius 3 is 2.52 bits per heavy atom. The summed E-state index contributed by atoms with van der Waals surface area (Å²) in [6.45, 7) is 0.528. The van der Waals surface area contributed by atoms with Crippen LogP contribution in [0, 0.1) is 0 Å². The molecule has 2 rings (SSSR count). The van der Waals surface area contributed by atoms with Crippen LogP contribution >= 0.6 is 0 Å². The highest BCUT2D eigenvalue weighted by molar-refractivity contribution is 5.94. The first kappa shape index (κ1) is 14.4. The van der Waals surface area contributed by atoms with Crippen LogP contribution in [0.1, 0.15) is 20.8 Å². The van der Waals surface area contributed by atoms with E-state index in [4.69, 9.17) is 0 Å². The molecule has 1 aromatic carbocycles. The molecule has 1 aromatic heterocycles. The van der Waals surface area contributed by atoms with Gasteiger partial charge in [-0.15, -0.1) is 0 Å². The van der Waals surface area contributed by atoms with E-state index >= 15 is 0 Å². The number of hydrogen-bond acceptors (Lipinski definition) is 5. The van der Waals surface area contributed by atoms with Crippen LogP contribution in [0.2, 0.25) is 0 Å². The highest BCUT2D eigenvalue weighted by Gasteiger charge is 2.07. The quantitative estimate of drug-likeness (QED) is 0.688. The van der Waals surface area contributed by atoms with Crippen LogP contribution in [0.5, 0.6) is 5.75 Å². The number of benzene rings is 1. The Bertz CT molecular complexity index is 631. The number of aromatic hydroxyl groups is 1. The van der Waals surface area contributed by atoms with Gasteiger partial charge in [-0.3, -0.25) is 14.6 Å². The highest BCUT2D eigenvalue weighted by Crippen LogP contribution is 2.10. The summed E-state index contributed by atoms with van der Waals surface area (Å²) in [7, 11) is 0. The number of nitrogens with one attached hydrogen (secondary N) is 2. The third kappa shape index (κ3) is 4.27. The molecule has 0 fully saturated rings. The molecule has 0 unspecified atom stereocenters. The summed E-state index contributed by atoms with van der Waals surface area (Å²) < 4.78 is 0. The van der Waals surface area contributed by atoms with E-state index < -0.39 is 0 Å². The molecule has 0 saturated carbocycles. The fourth-order valence-electron chi connectivity index (χ4n) is 1.61. The van der Waals surface area contributed by atoms with Crippen LogP contribution < -0.4 is 10.6 Å². The predicted octanol–water partition coefficient (Wildman–Crippen LogP) is 0.342. The molecule has 2 amide bonds. The van der Waals surface area contributed by atoms with E-state index in [2.05, 4.69) is 20.6 Å². The summed E-state index contributed by atoms with van der Waals surface area (Å²) in [6, 6.07) is 6.03. The molecular formula is C14H14N4O3. The van der Waals surface area contributed by atoms with Gasteiger partial charge < -0.3 is 15.7 Å². The average Bonchev–Trinajstić information content (AvgIpc) is 2.52. The van der Waals surface area contributed by atoms with Crippen molar-refractivity contribution in [3.63, 3.8) is 0 Å². The fraction of sp³-hybridized carbons (Fsp3) is 0.143. The molecule has 2 aromatic rings. The van der Waals surface area contributed by atoms with Crippen LogP contribution in [0.25, 0.3) is 0 Å². The zero-order chi connectivity index (χ0) is 15.1. The average molecular weight is 286 g/mol. The Morgan fingerprint density at radius 1 is 1.10 bits per heavy atom. The van der Waals surface area contributed by atoms with Crippen molar-refractivity contribution in [2.75, 3.05) is 13.1 Å². The van der Waals surface area contributed by atoms with E-state index in [0.717, 1.165) is 0 Å². The third-order valence-electron chi connectivity index (χ3n) is 2.60. The van der Waals surface area contributed by atoms with Crippen molar-refractivity contribution in [1.29, 1.82) is 0 Å². The molecule has 0 radical (unpaired) electrons. The lowest BCUT2D eigenvalue weighted by atomic mass is 10.2. The molecule has 7 heteroatoms. The number of phenolic OH excluding ortho intramolecular Hbond substituents is 1. The van der Waals surface area contributed by atoms with Gasteiger partial charge in [-0.05, 0) is 18.2 Å². The normalized spacial score (nSPS) is 9.90. The van der Waals surface area contributed by atoms with Crippen molar-refractivity contribution in [1.82, 2.24) is 20.6 Å². The maximum atomic E-state index is 11.8. The Hall–Kier alpha value is -2.96. The van der Waals surface area contributed by atoms with E-state index in [0.29, 0.717) is 5.56 Å². The number of nitrogens with zero attached hydrogens (tertiary/aromatic N) is 2. The van der Waals surface area contributed by atoms with Crippen LogP contribution in [0.15, 0.2) is 42.9 Å². The van der Waals surface area contributed by atoms with Gasteiger partial charge in [0.1, 0.15) is 11.4 Å². The van der Waals surface area contributed by atoms with Gasteiger partial charge in [-0.25, -0.2) is 4.98 Å². The molecule has 0 bridgehead atoms. The summed E-state index contributed by atoms with van der Waals surface area (Å²) in [5.74, 6) is -0.645. The summed E-state index contributed by atoms with van der Waals surface area (Å²) in [5, 5.41) is 14.5. The lowest BCUT2D eigenvalue weighted by Crippen LogP contribution is -2.35. The number of amides is 2. The minimum absolute atomic E-state index is 0.0265. The molecule has 21 heavy (non-hydrogen) atoms. The van der Waals surface area contributed by atoms with E-state index in [1.54, 1.807) is 12.1 Å². The zero-order valence-corrected chi connectivity index (χ0v) is 11.1. The standard InChI is InChI=1S/C14H14N4O3/c19-11-3-1-2-10(8-11)13(20)17-6-7-18-14(21)12-9-15-4-5-16-12/h1-5,8-9,19H,6-7H2,(H,17,20)(H,18,21). The van der Waals surface area contributed by atoms with Crippen molar-refractivity contribution in [2.45, 2.75) is 0 Å². The van der Waals surface area contributed by atoms with Gasteiger partial charge in [-0.1, -0.05) is 6.07 Å². The Kier molecular flexibility index (Phi) is 4.81. The largest absolute Gasteiger partial charge is 0.508 e. The molecule has 0 saturated heterocycles. The second-order valence-corrected chi connectivity index (χ2v) is 4.15. The Balaban J connectivity index is 1.75. The number of phenols is 1. The van der Waals surface area contributed by atoms with Crippen molar-refractivity contribution < 1.29 is 14.7 Å². The zero-order valence-electron chi connectivity index (χ0n) is 11.1. The van der Waals surface area contributed by atoms with Gasteiger partial charge >= 0.3 is 0 Å². The smallest absolute Gasteiger partial charge is 0.271 e. The van der Waals surface area contributed by atoms with E-state index in [1.165, 1.54) is 30.7 Å². The van der Waals surface area contributed by atoms with Crippen molar-refractivity contribution in [3.05, 3.63) is 54.1 Å². The second-order valence-electron chi connectivity index (χ2n) is 4.15. The Labute approximate surface area is 121 Å². The van der Waals surface area contributed by atoms with Crippen LogP contribution in [0.3, 0.4) is 0 Å². The van der Waals surface area contributed by atoms with Crippen molar-refractivity contribution >= 4 is 11.8 Å².